The third kappa shape index (κ3) is 7.06. The Hall–Kier alpha value is -1.88. The van der Waals surface area contributed by atoms with Gasteiger partial charge < -0.3 is 0 Å². The Balaban J connectivity index is 2.46. The second kappa shape index (κ2) is 11.7. The Morgan fingerprint density at radius 1 is 0.710 bits per heavy atom. The molecule has 31 heavy (non-hydrogen) atoms. The zero-order chi connectivity index (χ0) is 23.0. The molecule has 0 aliphatic carbocycles. The Kier molecular flexibility index (Phi) is 9.55. The Bertz CT molecular complexity index is 776. The Morgan fingerprint density at radius 3 is 1.32 bits per heavy atom. The molecular formula is C24H32F2N2O2Zr. The summed E-state index contributed by atoms with van der Waals surface area (Å²) in [4.78, 5) is 26.3. The van der Waals surface area contributed by atoms with Crippen molar-refractivity contribution in [1.29, 1.82) is 0 Å². The molecule has 0 aromatic heterocycles. The molecular weight excluding hydrogens is 477 g/mol. The van der Waals surface area contributed by atoms with Crippen LogP contribution in [0.5, 0.6) is 0 Å². The molecule has 7 heteroatoms. The average Bonchev–Trinajstić information content (AvgIpc) is 2.74. The first-order valence-electron chi connectivity index (χ1n) is 10.8. The van der Waals surface area contributed by atoms with Crippen LogP contribution in [0.1, 0.15) is 61.3 Å². The van der Waals surface area contributed by atoms with Gasteiger partial charge in [-0.15, -0.1) is 0 Å². The number of rotatable bonds is 10. The van der Waals surface area contributed by atoms with E-state index in [0.717, 1.165) is 5.69 Å². The van der Waals surface area contributed by atoms with Crippen LogP contribution in [0.25, 0.3) is 0 Å². The van der Waals surface area contributed by atoms with E-state index in [9.17, 15) is 9.59 Å². The topological polar surface area (TPSA) is 40.6 Å². The predicted octanol–water partition coefficient (Wildman–Crippen LogP) is 6.12. The first-order valence-corrected chi connectivity index (χ1v) is 14.8. The third-order valence-electron chi connectivity index (χ3n) is 5.04. The molecule has 0 spiro atoms. The van der Waals surface area contributed by atoms with Crippen LogP contribution >= 0.6 is 0 Å². The van der Waals surface area contributed by atoms with Crippen molar-refractivity contribution >= 4 is 11.8 Å². The molecule has 168 valence electrons. The van der Waals surface area contributed by atoms with Crippen molar-refractivity contribution in [3.63, 3.8) is 0 Å². The van der Waals surface area contributed by atoms with Crippen LogP contribution in [-0.2, 0) is 22.1 Å². The zero-order valence-electron chi connectivity index (χ0n) is 18.7. The van der Waals surface area contributed by atoms with Gasteiger partial charge in [0, 0.05) is 0 Å². The van der Waals surface area contributed by atoms with E-state index in [-0.39, 0.29) is 36.1 Å². The Labute approximate surface area is 191 Å². The minimum absolute atomic E-state index is 0.0608. The van der Waals surface area contributed by atoms with E-state index in [1.807, 2.05) is 27.7 Å². The van der Waals surface area contributed by atoms with E-state index in [1.165, 1.54) is 0 Å². The fraction of sp³-hybridized carbons (Fsp3) is 0.417. The van der Waals surface area contributed by atoms with Gasteiger partial charge in [-0.2, -0.15) is 0 Å². The van der Waals surface area contributed by atoms with Gasteiger partial charge in [0.05, 0.1) is 0 Å². The number of hydrogen-bond acceptors (Lipinski definition) is 2. The maximum absolute atomic E-state index is 16.1. The maximum atomic E-state index is 16.1. The SMILES string of the molecule is CC(C)CC[N](C(=O)c1ccccc1)[Zr]([F])([F])[N](CCC(C)C)C(=O)c1ccccc1. The molecule has 0 heterocycles. The normalized spacial score (nSPS) is 11.6. The monoisotopic (exact) mass is 508 g/mol. The summed E-state index contributed by atoms with van der Waals surface area (Å²) in [6, 6.07) is 16.3. The van der Waals surface area contributed by atoms with Gasteiger partial charge in [0.2, 0.25) is 0 Å². The Morgan fingerprint density at radius 2 is 1.03 bits per heavy atom. The molecule has 0 aliphatic heterocycles. The molecule has 4 nitrogen and oxygen atoms in total. The summed E-state index contributed by atoms with van der Waals surface area (Å²) < 4.78 is 33.8. The second-order valence-corrected chi connectivity index (χ2v) is 13.7. The van der Waals surface area contributed by atoms with Gasteiger partial charge in [-0.25, -0.2) is 0 Å². The van der Waals surface area contributed by atoms with E-state index in [0.29, 0.717) is 12.8 Å². The van der Waals surface area contributed by atoms with E-state index in [1.54, 1.807) is 60.7 Å². The number of hydrogen-bond donors (Lipinski definition) is 0. The van der Waals surface area contributed by atoms with Crippen molar-refractivity contribution in [1.82, 2.24) is 5.69 Å². The molecule has 0 radical (unpaired) electrons. The molecule has 0 saturated heterocycles. The van der Waals surface area contributed by atoms with Gasteiger partial charge in [-0.05, 0) is 0 Å². The van der Waals surface area contributed by atoms with Crippen molar-refractivity contribution in [3.8, 4) is 0 Å². The summed E-state index contributed by atoms with van der Waals surface area (Å²) in [5.41, 5.74) is 0.442. The number of amides is 2. The fourth-order valence-electron chi connectivity index (χ4n) is 3.11. The fourth-order valence-corrected chi connectivity index (χ4v) is 7.62. The average molecular weight is 510 g/mol. The number of halogens is 2. The summed E-state index contributed by atoms with van der Waals surface area (Å²) in [5.74, 6) is -1.08. The van der Waals surface area contributed by atoms with E-state index < -0.39 is 33.9 Å². The van der Waals surface area contributed by atoms with Crippen molar-refractivity contribution < 1.29 is 36.9 Å². The van der Waals surface area contributed by atoms with Crippen LogP contribution in [0.2, 0.25) is 0 Å². The second-order valence-electron chi connectivity index (χ2n) is 8.52. The predicted molar refractivity (Wildman–Crippen MR) is 116 cm³/mol. The summed E-state index contributed by atoms with van der Waals surface area (Å²) >= 11 is -6.57. The molecule has 0 bridgehead atoms. The molecule has 2 rings (SSSR count). The van der Waals surface area contributed by atoms with Gasteiger partial charge >= 0.3 is 192 Å². The van der Waals surface area contributed by atoms with Crippen molar-refractivity contribution in [3.05, 3.63) is 71.8 Å². The summed E-state index contributed by atoms with van der Waals surface area (Å²) in [7, 11) is 0. The number of benzene rings is 2. The molecule has 0 aliphatic rings. The van der Waals surface area contributed by atoms with Crippen LogP contribution < -0.4 is 0 Å². The molecule has 2 aromatic carbocycles. The third-order valence-corrected chi connectivity index (χ3v) is 10.3. The van der Waals surface area contributed by atoms with Crippen molar-refractivity contribution in [2.45, 2.75) is 40.5 Å². The molecule has 0 fully saturated rings. The summed E-state index contributed by atoms with van der Waals surface area (Å²) in [6.07, 6.45) is 0.894. The van der Waals surface area contributed by atoms with Crippen LogP contribution in [0.15, 0.2) is 60.7 Å². The van der Waals surface area contributed by atoms with Crippen LogP contribution in [0, 0.1) is 11.8 Å². The van der Waals surface area contributed by atoms with Gasteiger partial charge in [-0.3, -0.25) is 0 Å². The number of carbonyl (C=O) groups is 2. The molecule has 2 amide bonds. The van der Waals surface area contributed by atoms with Crippen LogP contribution in [0.4, 0.5) is 5.25 Å². The van der Waals surface area contributed by atoms with Crippen molar-refractivity contribution in [2.75, 3.05) is 13.1 Å². The minimum atomic E-state index is -6.57. The standard InChI is InChI=1S/2C12H17NO.2FH.Zr/c2*1-10(2)8-9-13-12(14)11-6-4-3-5-7-11;;;/h2*3-7,10H,8-9H2,1-2H3,(H,13,14);2*1H;/q;;;;+4/p-4. The van der Waals surface area contributed by atoms with E-state index in [4.69, 9.17) is 0 Å². The summed E-state index contributed by atoms with van der Waals surface area (Å²) in [5, 5.41) is 0. The molecule has 0 unspecified atom stereocenters. The first kappa shape index (κ1) is 25.4. The van der Waals surface area contributed by atoms with E-state index in [2.05, 4.69) is 0 Å². The quantitative estimate of drug-likeness (QED) is 0.387. The van der Waals surface area contributed by atoms with Crippen LogP contribution in [-0.4, -0.2) is 30.6 Å². The zero-order valence-corrected chi connectivity index (χ0v) is 21.2. The van der Waals surface area contributed by atoms with Gasteiger partial charge in [0.15, 0.2) is 0 Å². The molecule has 2 aromatic rings. The first-order chi connectivity index (χ1) is 14.6. The summed E-state index contributed by atoms with van der Waals surface area (Å²) in [6.45, 7) is 7.62. The molecule has 0 saturated carbocycles. The van der Waals surface area contributed by atoms with Crippen LogP contribution in [0.3, 0.4) is 0 Å². The van der Waals surface area contributed by atoms with Crippen molar-refractivity contribution in [2.24, 2.45) is 11.8 Å². The number of nitrogens with zero attached hydrogens (tertiary/aromatic N) is 2. The van der Waals surface area contributed by atoms with Gasteiger partial charge in [-0.1, -0.05) is 0 Å². The number of carbonyl (C=O) groups excluding carboxylic acids is 2. The van der Waals surface area contributed by atoms with Gasteiger partial charge in [0.25, 0.3) is 0 Å². The molecule has 0 atom stereocenters. The van der Waals surface area contributed by atoms with Gasteiger partial charge in [0.1, 0.15) is 0 Å². The van der Waals surface area contributed by atoms with E-state index >= 15 is 5.25 Å². The molecule has 0 N–H and O–H groups in total.